The quantitative estimate of drug-likeness (QED) is 0.483. The van der Waals surface area contributed by atoms with Gasteiger partial charge in [-0.05, 0) is 49.1 Å². The molecule has 0 aliphatic heterocycles. The summed E-state index contributed by atoms with van der Waals surface area (Å²) in [4.78, 5) is 26.4. The van der Waals surface area contributed by atoms with Gasteiger partial charge in [0.1, 0.15) is 24.3 Å². The Bertz CT molecular complexity index is 1210. The van der Waals surface area contributed by atoms with Crippen molar-refractivity contribution in [2.45, 2.75) is 44.8 Å². The van der Waals surface area contributed by atoms with Crippen LogP contribution < -0.4 is 5.32 Å². The van der Waals surface area contributed by atoms with Crippen molar-refractivity contribution in [3.05, 3.63) is 81.5 Å². The van der Waals surface area contributed by atoms with Gasteiger partial charge in [-0.15, -0.1) is 11.3 Å². The number of amides is 1. The first-order valence-corrected chi connectivity index (χ1v) is 11.9. The van der Waals surface area contributed by atoms with E-state index in [9.17, 15) is 9.59 Å². The van der Waals surface area contributed by atoms with Crippen LogP contribution in [0.15, 0.2) is 60.0 Å². The number of nitriles is 1. The van der Waals surface area contributed by atoms with E-state index in [-0.39, 0.29) is 18.9 Å². The molecule has 174 valence electrons. The summed E-state index contributed by atoms with van der Waals surface area (Å²) in [6.07, 6.45) is -0.472. The summed E-state index contributed by atoms with van der Waals surface area (Å²) in [5.74, 6) is -0.624. The van der Waals surface area contributed by atoms with Gasteiger partial charge in [0.15, 0.2) is 0 Å². The van der Waals surface area contributed by atoms with Crippen molar-refractivity contribution >= 4 is 23.4 Å². The molecule has 0 fully saturated rings. The number of carbonyl (C=O) groups excluding carboxylic acids is 2. The number of benzene rings is 2. The molecule has 0 spiro atoms. The van der Waals surface area contributed by atoms with Crippen LogP contribution in [0, 0.1) is 11.3 Å². The lowest BCUT2D eigenvalue weighted by atomic mass is 9.98. The number of ether oxygens (including phenoxy) is 2. The van der Waals surface area contributed by atoms with Gasteiger partial charge in [0, 0.05) is 22.6 Å². The molecule has 1 N–H and O–H groups in total. The lowest BCUT2D eigenvalue weighted by Crippen LogP contribution is -2.45. The van der Waals surface area contributed by atoms with Gasteiger partial charge in [-0.2, -0.15) is 5.26 Å². The highest BCUT2D eigenvalue weighted by Gasteiger charge is 2.31. The fraction of sp³-hybridized carbons (Fsp3) is 0.296. The largest absolute Gasteiger partial charge is 0.458 e. The number of nitrogens with zero attached hydrogens (tertiary/aromatic N) is 1. The van der Waals surface area contributed by atoms with Gasteiger partial charge >= 0.3 is 12.1 Å². The van der Waals surface area contributed by atoms with E-state index in [1.807, 2.05) is 36.4 Å². The maximum absolute atomic E-state index is 12.8. The van der Waals surface area contributed by atoms with Crippen LogP contribution in [-0.4, -0.2) is 30.3 Å². The number of esters is 1. The first-order chi connectivity index (χ1) is 16.2. The van der Waals surface area contributed by atoms with E-state index in [0.29, 0.717) is 5.56 Å². The van der Waals surface area contributed by atoms with Crippen molar-refractivity contribution in [1.82, 2.24) is 5.32 Å². The second-order valence-corrected chi connectivity index (χ2v) is 10.2. The van der Waals surface area contributed by atoms with Crippen LogP contribution in [-0.2, 0) is 20.7 Å². The number of carbonyl (C=O) groups is 2. The van der Waals surface area contributed by atoms with Gasteiger partial charge in [-0.25, -0.2) is 9.59 Å². The fourth-order valence-corrected chi connectivity index (χ4v) is 4.95. The number of alkyl carbamates (subject to hydrolysis) is 1. The highest BCUT2D eigenvalue weighted by atomic mass is 32.1. The van der Waals surface area contributed by atoms with E-state index in [1.165, 1.54) is 11.3 Å². The molecule has 4 rings (SSSR count). The first kappa shape index (κ1) is 23.5. The molecule has 0 radical (unpaired) electrons. The van der Waals surface area contributed by atoms with Crippen molar-refractivity contribution in [3.8, 4) is 17.2 Å². The SMILES string of the molecule is CC(C)(C)OC(=O)[C@H](Cc1cc(C#N)cs1)NC(=O)OCC1c2ccccc2-c2ccccc21. The molecule has 7 heteroatoms. The smallest absolute Gasteiger partial charge is 0.407 e. The standard InChI is InChI=1S/C27H26N2O4S/c1-27(2,3)33-25(30)24(13-18-12-17(14-28)16-34-18)29-26(31)32-15-23-21-10-6-4-8-19(21)20-9-5-7-11-22(20)23/h4-12,16,23-24H,13,15H2,1-3H3,(H,29,31)/t24-/m0/s1. The summed E-state index contributed by atoms with van der Waals surface area (Å²) in [6.45, 7) is 5.47. The predicted molar refractivity (Wildman–Crippen MR) is 131 cm³/mol. The molecule has 1 heterocycles. The monoisotopic (exact) mass is 474 g/mol. The molecule has 6 nitrogen and oxygen atoms in total. The zero-order valence-corrected chi connectivity index (χ0v) is 20.1. The average molecular weight is 475 g/mol. The molecular weight excluding hydrogens is 448 g/mol. The maximum atomic E-state index is 12.8. The van der Waals surface area contributed by atoms with E-state index in [4.69, 9.17) is 14.7 Å². The van der Waals surface area contributed by atoms with Crippen LogP contribution in [0.3, 0.4) is 0 Å². The van der Waals surface area contributed by atoms with E-state index in [2.05, 4.69) is 23.5 Å². The Hall–Kier alpha value is -3.63. The summed E-state index contributed by atoms with van der Waals surface area (Å²) in [5, 5.41) is 13.5. The van der Waals surface area contributed by atoms with Crippen LogP contribution in [0.1, 0.15) is 48.3 Å². The number of hydrogen-bond acceptors (Lipinski definition) is 6. The summed E-state index contributed by atoms with van der Waals surface area (Å²) >= 11 is 1.36. The molecule has 0 unspecified atom stereocenters. The number of hydrogen-bond donors (Lipinski definition) is 1. The summed E-state index contributed by atoms with van der Waals surface area (Å²) in [5.41, 5.74) is 4.33. The molecule has 34 heavy (non-hydrogen) atoms. The van der Waals surface area contributed by atoms with Crippen molar-refractivity contribution in [2.75, 3.05) is 6.61 Å². The van der Waals surface area contributed by atoms with Gasteiger partial charge in [0.05, 0.1) is 5.56 Å². The summed E-state index contributed by atoms with van der Waals surface area (Å²) in [6, 6.07) is 19.1. The molecule has 0 saturated carbocycles. The molecule has 1 atom stereocenters. The van der Waals surface area contributed by atoms with Gasteiger partial charge in [-0.1, -0.05) is 48.5 Å². The Morgan fingerprint density at radius 3 is 2.26 bits per heavy atom. The molecular formula is C27H26N2O4S. The number of rotatable bonds is 6. The minimum absolute atomic E-state index is 0.0754. The number of nitrogens with one attached hydrogen (secondary N) is 1. The first-order valence-electron chi connectivity index (χ1n) is 11.1. The van der Waals surface area contributed by atoms with Crippen molar-refractivity contribution < 1.29 is 19.1 Å². The molecule has 0 saturated heterocycles. The Labute approximate surface area is 203 Å². The van der Waals surface area contributed by atoms with Gasteiger partial charge in [-0.3, -0.25) is 0 Å². The second kappa shape index (κ2) is 9.70. The van der Waals surface area contributed by atoms with E-state index < -0.39 is 23.7 Å². The highest BCUT2D eigenvalue weighted by molar-refractivity contribution is 7.10. The lowest BCUT2D eigenvalue weighted by molar-refractivity contribution is -0.157. The van der Waals surface area contributed by atoms with Crippen molar-refractivity contribution in [2.24, 2.45) is 0 Å². The van der Waals surface area contributed by atoms with Crippen LogP contribution in [0.5, 0.6) is 0 Å². The summed E-state index contributed by atoms with van der Waals surface area (Å²) in [7, 11) is 0. The van der Waals surface area contributed by atoms with E-state index in [1.54, 1.807) is 32.2 Å². The fourth-order valence-electron chi connectivity index (χ4n) is 4.10. The third-order valence-corrected chi connectivity index (χ3v) is 6.47. The molecule has 1 aliphatic carbocycles. The van der Waals surface area contributed by atoms with E-state index in [0.717, 1.165) is 27.1 Å². The van der Waals surface area contributed by atoms with Crippen LogP contribution in [0.4, 0.5) is 4.79 Å². The minimum atomic E-state index is -0.930. The molecule has 1 aliphatic rings. The molecule has 3 aromatic rings. The topological polar surface area (TPSA) is 88.4 Å². The average Bonchev–Trinajstić information content (AvgIpc) is 3.38. The third-order valence-electron chi connectivity index (χ3n) is 5.52. The number of fused-ring (bicyclic) bond motifs is 3. The second-order valence-electron chi connectivity index (χ2n) is 9.17. The summed E-state index contributed by atoms with van der Waals surface area (Å²) < 4.78 is 11.1. The van der Waals surface area contributed by atoms with Gasteiger partial charge in [0.25, 0.3) is 0 Å². The maximum Gasteiger partial charge on any atom is 0.407 e. The Morgan fingerprint density at radius 1 is 1.09 bits per heavy atom. The minimum Gasteiger partial charge on any atom is -0.458 e. The molecule has 0 bridgehead atoms. The Morgan fingerprint density at radius 2 is 1.71 bits per heavy atom. The normalized spacial score (nSPS) is 13.4. The van der Waals surface area contributed by atoms with Crippen molar-refractivity contribution in [1.29, 1.82) is 5.26 Å². The number of thiophene rings is 1. The predicted octanol–water partition coefficient (Wildman–Crippen LogP) is 5.41. The highest BCUT2D eigenvalue weighted by Crippen LogP contribution is 2.44. The van der Waals surface area contributed by atoms with Gasteiger partial charge < -0.3 is 14.8 Å². The molecule has 2 aromatic carbocycles. The van der Waals surface area contributed by atoms with Crippen molar-refractivity contribution in [3.63, 3.8) is 0 Å². The molecule has 1 amide bonds. The van der Waals surface area contributed by atoms with E-state index >= 15 is 0 Å². The lowest BCUT2D eigenvalue weighted by Gasteiger charge is -2.24. The zero-order valence-electron chi connectivity index (χ0n) is 19.3. The van der Waals surface area contributed by atoms with Crippen LogP contribution in [0.2, 0.25) is 0 Å². The Balaban J connectivity index is 1.46. The van der Waals surface area contributed by atoms with Crippen LogP contribution >= 0.6 is 11.3 Å². The molecule has 1 aromatic heterocycles. The third kappa shape index (κ3) is 5.29. The Kier molecular flexibility index (Phi) is 6.71. The van der Waals surface area contributed by atoms with Crippen LogP contribution in [0.25, 0.3) is 11.1 Å². The van der Waals surface area contributed by atoms with Gasteiger partial charge in [0.2, 0.25) is 0 Å². The zero-order chi connectivity index (χ0) is 24.3.